The molecule has 1 atom stereocenters. The van der Waals surface area contributed by atoms with Gasteiger partial charge in [0.05, 0.1) is 23.3 Å². The van der Waals surface area contributed by atoms with Crippen molar-refractivity contribution in [2.24, 2.45) is 0 Å². The molecule has 0 fully saturated rings. The second kappa shape index (κ2) is 6.39. The van der Waals surface area contributed by atoms with Crippen molar-refractivity contribution in [2.45, 2.75) is 26.4 Å². The number of halogens is 1. The zero-order valence-corrected chi connectivity index (χ0v) is 12.4. The Labute approximate surface area is 123 Å². The smallest absolute Gasteiger partial charge is 0.0942 e. The zero-order chi connectivity index (χ0) is 14.7. The van der Waals surface area contributed by atoms with Gasteiger partial charge in [-0.25, -0.2) is 0 Å². The van der Waals surface area contributed by atoms with Crippen LogP contribution in [0.1, 0.15) is 18.2 Å². The topological polar surface area (TPSA) is 65.4 Å². The van der Waals surface area contributed by atoms with Crippen LogP contribution in [0.15, 0.2) is 18.2 Å². The first-order valence-corrected chi connectivity index (χ1v) is 7.06. The third-order valence-electron chi connectivity index (χ3n) is 3.33. The number of aryl methyl sites for hydroxylation is 1. The molecule has 108 valence electrons. The molecule has 1 aromatic carbocycles. The van der Waals surface area contributed by atoms with Gasteiger partial charge in [-0.05, 0) is 37.1 Å². The minimum absolute atomic E-state index is 0.262. The molecule has 0 saturated heterocycles. The minimum atomic E-state index is -0.775. The number of rotatable bonds is 5. The van der Waals surface area contributed by atoms with Crippen molar-refractivity contribution < 1.29 is 10.2 Å². The fraction of sp³-hybridized carbons (Fsp3) is 0.400. The van der Waals surface area contributed by atoms with Crippen LogP contribution in [-0.4, -0.2) is 34.5 Å². The van der Waals surface area contributed by atoms with Crippen LogP contribution in [0.5, 0.6) is 0 Å². The third-order valence-corrected chi connectivity index (χ3v) is 3.76. The van der Waals surface area contributed by atoms with Gasteiger partial charge in [0.25, 0.3) is 0 Å². The Kier molecular flexibility index (Phi) is 4.81. The van der Waals surface area contributed by atoms with Crippen molar-refractivity contribution in [2.75, 3.05) is 18.5 Å². The van der Waals surface area contributed by atoms with E-state index in [1.807, 2.05) is 25.1 Å². The number of benzene rings is 1. The summed E-state index contributed by atoms with van der Waals surface area (Å²) in [5.41, 5.74) is 3.73. The highest BCUT2D eigenvalue weighted by molar-refractivity contribution is 6.36. The van der Waals surface area contributed by atoms with Gasteiger partial charge < -0.3 is 15.5 Å². The lowest BCUT2D eigenvalue weighted by Crippen LogP contribution is -2.22. The Morgan fingerprint density at radius 2 is 2.15 bits per heavy atom. The molecule has 2 aromatic rings. The Bertz CT molecular complexity index is 616. The molecule has 1 unspecified atom stereocenters. The Hall–Kier alpha value is -1.36. The normalized spacial score (nSPS) is 12.7. The van der Waals surface area contributed by atoms with Crippen LogP contribution in [0.2, 0.25) is 5.02 Å². The maximum absolute atomic E-state index is 9.35. The summed E-state index contributed by atoms with van der Waals surface area (Å²) < 4.78 is 0. The van der Waals surface area contributed by atoms with Crippen molar-refractivity contribution >= 4 is 28.2 Å². The lowest BCUT2D eigenvalue weighted by Gasteiger charge is -2.13. The number of pyridine rings is 1. The fourth-order valence-corrected chi connectivity index (χ4v) is 2.62. The highest BCUT2D eigenvalue weighted by atomic mass is 35.5. The molecule has 20 heavy (non-hydrogen) atoms. The van der Waals surface area contributed by atoms with E-state index in [1.165, 1.54) is 0 Å². The first-order chi connectivity index (χ1) is 9.56. The van der Waals surface area contributed by atoms with Crippen LogP contribution in [-0.2, 0) is 6.42 Å². The number of aliphatic hydroxyl groups excluding tert-OH is 2. The number of aromatic nitrogens is 1. The molecule has 0 radical (unpaired) electrons. The number of anilines is 1. The second-order valence-corrected chi connectivity index (χ2v) is 5.17. The van der Waals surface area contributed by atoms with Gasteiger partial charge >= 0.3 is 0 Å². The predicted octanol–water partition coefficient (Wildman–Crippen LogP) is 2.52. The summed E-state index contributed by atoms with van der Waals surface area (Å²) in [6, 6.07) is 5.72. The summed E-state index contributed by atoms with van der Waals surface area (Å²) in [5, 5.41) is 22.9. The Morgan fingerprint density at radius 1 is 1.40 bits per heavy atom. The van der Waals surface area contributed by atoms with Gasteiger partial charge in [0, 0.05) is 23.3 Å². The third kappa shape index (κ3) is 3.03. The van der Waals surface area contributed by atoms with E-state index in [2.05, 4.69) is 17.2 Å². The van der Waals surface area contributed by atoms with E-state index < -0.39 is 6.10 Å². The number of hydrogen-bond donors (Lipinski definition) is 3. The summed E-state index contributed by atoms with van der Waals surface area (Å²) in [4.78, 5) is 4.56. The monoisotopic (exact) mass is 294 g/mol. The van der Waals surface area contributed by atoms with Crippen LogP contribution in [0.3, 0.4) is 0 Å². The van der Waals surface area contributed by atoms with Crippen molar-refractivity contribution in [3.63, 3.8) is 0 Å². The summed E-state index contributed by atoms with van der Waals surface area (Å²) >= 11 is 6.45. The standard InChI is InChI=1S/C15H19ClN2O2/c1-3-12-9(2)18-14-5-4-10(6-13(14)15(12)16)17-7-11(20)8-19/h4-6,11,17,19-20H,3,7-8H2,1-2H3. The number of aliphatic hydroxyl groups is 2. The molecule has 4 nitrogen and oxygen atoms in total. The number of nitrogens with zero attached hydrogens (tertiary/aromatic N) is 1. The molecule has 0 spiro atoms. The first kappa shape index (κ1) is 15.0. The zero-order valence-electron chi connectivity index (χ0n) is 11.7. The molecule has 0 aliphatic heterocycles. The minimum Gasteiger partial charge on any atom is -0.394 e. The van der Waals surface area contributed by atoms with Gasteiger partial charge in [0.2, 0.25) is 0 Å². The van der Waals surface area contributed by atoms with E-state index >= 15 is 0 Å². The average molecular weight is 295 g/mol. The SMILES string of the molecule is CCc1c(C)nc2ccc(NCC(O)CO)cc2c1Cl. The lowest BCUT2D eigenvalue weighted by atomic mass is 10.1. The van der Waals surface area contributed by atoms with Gasteiger partial charge in [-0.2, -0.15) is 0 Å². The largest absolute Gasteiger partial charge is 0.394 e. The summed E-state index contributed by atoms with van der Waals surface area (Å²) in [6.45, 7) is 4.05. The summed E-state index contributed by atoms with van der Waals surface area (Å²) in [6.07, 6.45) is 0.0672. The highest BCUT2D eigenvalue weighted by Crippen LogP contribution is 2.30. The molecule has 3 N–H and O–H groups in total. The van der Waals surface area contributed by atoms with Crippen molar-refractivity contribution in [1.29, 1.82) is 0 Å². The molecular weight excluding hydrogens is 276 g/mol. The second-order valence-electron chi connectivity index (χ2n) is 4.79. The number of hydrogen-bond acceptors (Lipinski definition) is 4. The maximum atomic E-state index is 9.35. The molecule has 0 saturated carbocycles. The van der Waals surface area contributed by atoms with Gasteiger partial charge in [0.1, 0.15) is 0 Å². The van der Waals surface area contributed by atoms with Crippen molar-refractivity contribution in [3.8, 4) is 0 Å². The molecule has 2 rings (SSSR count). The molecule has 0 bridgehead atoms. The van der Waals surface area contributed by atoms with Gasteiger partial charge in [0.15, 0.2) is 0 Å². The van der Waals surface area contributed by atoms with E-state index in [1.54, 1.807) is 0 Å². The van der Waals surface area contributed by atoms with E-state index in [9.17, 15) is 5.11 Å². The first-order valence-electron chi connectivity index (χ1n) is 6.68. The molecule has 5 heteroatoms. The Morgan fingerprint density at radius 3 is 2.80 bits per heavy atom. The van der Waals surface area contributed by atoms with Crippen LogP contribution in [0.4, 0.5) is 5.69 Å². The van der Waals surface area contributed by atoms with Gasteiger partial charge in [-0.15, -0.1) is 0 Å². The maximum Gasteiger partial charge on any atom is 0.0942 e. The molecule has 1 heterocycles. The molecule has 0 aliphatic carbocycles. The quantitative estimate of drug-likeness (QED) is 0.793. The predicted molar refractivity (Wildman–Crippen MR) is 82.5 cm³/mol. The van der Waals surface area contributed by atoms with E-state index in [-0.39, 0.29) is 6.61 Å². The van der Waals surface area contributed by atoms with E-state index in [4.69, 9.17) is 16.7 Å². The fourth-order valence-electron chi connectivity index (χ4n) is 2.20. The van der Waals surface area contributed by atoms with Crippen LogP contribution in [0.25, 0.3) is 10.9 Å². The van der Waals surface area contributed by atoms with Crippen LogP contribution >= 0.6 is 11.6 Å². The molecule has 1 aromatic heterocycles. The summed E-state index contributed by atoms with van der Waals surface area (Å²) in [5.74, 6) is 0. The van der Waals surface area contributed by atoms with E-state index in [0.29, 0.717) is 6.54 Å². The summed E-state index contributed by atoms with van der Waals surface area (Å²) in [7, 11) is 0. The Balaban J connectivity index is 2.37. The molecule has 0 amide bonds. The van der Waals surface area contributed by atoms with Crippen LogP contribution in [0, 0.1) is 6.92 Å². The van der Waals surface area contributed by atoms with Crippen LogP contribution < -0.4 is 5.32 Å². The van der Waals surface area contributed by atoms with Gasteiger partial charge in [-0.3, -0.25) is 4.98 Å². The molecular formula is C15H19ClN2O2. The number of fused-ring (bicyclic) bond motifs is 1. The highest BCUT2D eigenvalue weighted by Gasteiger charge is 2.10. The van der Waals surface area contributed by atoms with Crippen molar-refractivity contribution in [3.05, 3.63) is 34.5 Å². The number of nitrogens with one attached hydrogen (secondary N) is 1. The molecule has 0 aliphatic rings. The van der Waals surface area contributed by atoms with E-state index in [0.717, 1.165) is 39.3 Å². The lowest BCUT2D eigenvalue weighted by molar-refractivity contribution is 0.105. The van der Waals surface area contributed by atoms with Crippen molar-refractivity contribution in [1.82, 2.24) is 4.98 Å². The van der Waals surface area contributed by atoms with Gasteiger partial charge in [-0.1, -0.05) is 18.5 Å². The average Bonchev–Trinajstić information content (AvgIpc) is 2.45.